The Morgan fingerprint density at radius 1 is 1.16 bits per heavy atom. The summed E-state index contributed by atoms with van der Waals surface area (Å²) in [5, 5.41) is 13.6. The molecule has 2 aromatic heterocycles. The molecule has 1 amide bonds. The molecule has 1 fully saturated rings. The number of aliphatic hydroxyl groups is 1. The number of aromatic nitrogens is 4. The summed E-state index contributed by atoms with van der Waals surface area (Å²) < 4.78 is 3.18. The van der Waals surface area contributed by atoms with Gasteiger partial charge in [-0.1, -0.05) is 6.08 Å². The zero-order valence-corrected chi connectivity index (χ0v) is 21.2. The van der Waals surface area contributed by atoms with E-state index in [1.54, 1.807) is 35.0 Å². The standard InChI is InChI=1S/C27H30N8O3/c1-3-10-34-26(38)22-16-29-27(31-25(22)35(34)21-7-4-18(5-8-21)24(28)37)30-20-6-9-23(19(15-20)17-36)33-13-11-32(2)12-14-33/h3-9,15-16,36H,1,10-14,17H2,2H3,(H2,28,37)(H,29,30,31). The number of anilines is 3. The zero-order chi connectivity index (χ0) is 26.8. The van der Waals surface area contributed by atoms with Crippen LogP contribution in [0, 0.1) is 0 Å². The van der Waals surface area contributed by atoms with E-state index in [4.69, 9.17) is 5.73 Å². The molecule has 0 bridgehead atoms. The van der Waals surface area contributed by atoms with Gasteiger partial charge in [-0.05, 0) is 49.5 Å². The molecule has 0 saturated carbocycles. The number of primary amides is 1. The molecule has 0 aliphatic carbocycles. The molecule has 3 heterocycles. The molecule has 1 aliphatic heterocycles. The highest BCUT2D eigenvalue weighted by Crippen LogP contribution is 2.27. The van der Waals surface area contributed by atoms with Gasteiger partial charge in [-0.15, -0.1) is 6.58 Å². The lowest BCUT2D eigenvalue weighted by atomic mass is 10.1. The van der Waals surface area contributed by atoms with E-state index in [2.05, 4.69) is 38.7 Å². The van der Waals surface area contributed by atoms with Crippen molar-refractivity contribution in [3.63, 3.8) is 0 Å². The number of piperazine rings is 1. The molecular formula is C27H30N8O3. The highest BCUT2D eigenvalue weighted by Gasteiger charge is 2.19. The molecule has 196 valence electrons. The van der Waals surface area contributed by atoms with Crippen LogP contribution in [-0.4, -0.2) is 68.5 Å². The molecule has 1 saturated heterocycles. The van der Waals surface area contributed by atoms with Crippen LogP contribution in [-0.2, 0) is 13.2 Å². The minimum absolute atomic E-state index is 0.0949. The first-order valence-corrected chi connectivity index (χ1v) is 12.3. The number of allylic oxidation sites excluding steroid dienone is 1. The molecule has 0 atom stereocenters. The van der Waals surface area contributed by atoms with Crippen LogP contribution in [0.1, 0.15) is 15.9 Å². The number of rotatable bonds is 8. The maximum absolute atomic E-state index is 13.1. The summed E-state index contributed by atoms with van der Waals surface area (Å²) in [5.41, 5.74) is 9.06. The van der Waals surface area contributed by atoms with Gasteiger partial charge >= 0.3 is 0 Å². The van der Waals surface area contributed by atoms with Gasteiger partial charge in [-0.25, -0.2) is 14.3 Å². The number of fused-ring (bicyclic) bond motifs is 1. The predicted molar refractivity (Wildman–Crippen MR) is 147 cm³/mol. The van der Waals surface area contributed by atoms with Crippen LogP contribution in [0.3, 0.4) is 0 Å². The Morgan fingerprint density at radius 2 is 1.89 bits per heavy atom. The zero-order valence-electron chi connectivity index (χ0n) is 21.2. The number of hydrogen-bond acceptors (Lipinski definition) is 8. The molecule has 0 radical (unpaired) electrons. The Hall–Kier alpha value is -4.48. The van der Waals surface area contributed by atoms with Gasteiger partial charge in [0.25, 0.3) is 5.56 Å². The summed E-state index contributed by atoms with van der Waals surface area (Å²) in [7, 11) is 2.11. The van der Waals surface area contributed by atoms with Crippen LogP contribution < -0.4 is 21.5 Å². The lowest BCUT2D eigenvalue weighted by molar-refractivity contribution is 0.100. The summed E-state index contributed by atoms with van der Waals surface area (Å²) in [6.45, 7) is 7.66. The van der Waals surface area contributed by atoms with Gasteiger partial charge in [0.2, 0.25) is 11.9 Å². The van der Waals surface area contributed by atoms with Gasteiger partial charge in [0, 0.05) is 54.9 Å². The third-order valence-electron chi connectivity index (χ3n) is 6.72. The number of benzene rings is 2. The third-order valence-corrected chi connectivity index (χ3v) is 6.72. The Labute approximate surface area is 219 Å². The topological polar surface area (TPSA) is 135 Å². The highest BCUT2D eigenvalue weighted by atomic mass is 16.3. The number of hydrogen-bond donors (Lipinski definition) is 3. The number of likely N-dealkylation sites (N-methyl/N-ethyl adjacent to an activating group) is 1. The van der Waals surface area contributed by atoms with Crippen LogP contribution >= 0.6 is 0 Å². The van der Waals surface area contributed by atoms with Crippen molar-refractivity contribution in [3.05, 3.63) is 82.8 Å². The average Bonchev–Trinajstić information content (AvgIpc) is 3.20. The molecule has 5 rings (SSSR count). The fraction of sp³-hybridized carbons (Fsp3) is 0.259. The van der Waals surface area contributed by atoms with E-state index in [1.807, 2.05) is 18.2 Å². The van der Waals surface area contributed by atoms with Gasteiger partial charge in [0.15, 0.2) is 5.65 Å². The minimum Gasteiger partial charge on any atom is -0.392 e. The van der Waals surface area contributed by atoms with E-state index >= 15 is 0 Å². The number of nitrogens with one attached hydrogen (secondary N) is 1. The van der Waals surface area contributed by atoms with Crippen molar-refractivity contribution in [2.24, 2.45) is 5.73 Å². The molecule has 38 heavy (non-hydrogen) atoms. The summed E-state index contributed by atoms with van der Waals surface area (Å²) in [6, 6.07) is 12.4. The Morgan fingerprint density at radius 3 is 2.55 bits per heavy atom. The normalized spacial score (nSPS) is 14.1. The van der Waals surface area contributed by atoms with E-state index < -0.39 is 5.91 Å². The maximum Gasteiger partial charge on any atom is 0.278 e. The van der Waals surface area contributed by atoms with Gasteiger partial charge < -0.3 is 26.0 Å². The first-order chi connectivity index (χ1) is 18.4. The molecular weight excluding hydrogens is 484 g/mol. The van der Waals surface area contributed by atoms with E-state index in [0.717, 1.165) is 43.1 Å². The summed E-state index contributed by atoms with van der Waals surface area (Å²) >= 11 is 0. The predicted octanol–water partition coefficient (Wildman–Crippen LogP) is 1.85. The second-order valence-electron chi connectivity index (χ2n) is 9.25. The van der Waals surface area contributed by atoms with E-state index in [0.29, 0.717) is 28.2 Å². The molecule has 0 spiro atoms. The first-order valence-electron chi connectivity index (χ1n) is 12.3. The summed E-state index contributed by atoms with van der Waals surface area (Å²) in [6.07, 6.45) is 3.12. The fourth-order valence-electron chi connectivity index (χ4n) is 4.68. The third kappa shape index (κ3) is 4.76. The van der Waals surface area contributed by atoms with Gasteiger partial charge in [-0.3, -0.25) is 9.59 Å². The van der Waals surface area contributed by atoms with Crippen LogP contribution in [0.5, 0.6) is 0 Å². The molecule has 0 unspecified atom stereocenters. The van der Waals surface area contributed by atoms with Gasteiger partial charge in [-0.2, -0.15) is 4.98 Å². The second-order valence-corrected chi connectivity index (χ2v) is 9.25. The molecule has 11 heteroatoms. The number of carbonyl (C=O) groups excluding carboxylic acids is 1. The lowest BCUT2D eigenvalue weighted by Gasteiger charge is -2.35. The quantitative estimate of drug-likeness (QED) is 0.303. The molecule has 2 aromatic carbocycles. The largest absolute Gasteiger partial charge is 0.392 e. The number of nitrogens with zero attached hydrogens (tertiary/aromatic N) is 6. The van der Waals surface area contributed by atoms with Crippen molar-refractivity contribution in [2.45, 2.75) is 13.2 Å². The van der Waals surface area contributed by atoms with Crippen LogP contribution in [0.15, 0.2) is 66.1 Å². The monoisotopic (exact) mass is 514 g/mol. The van der Waals surface area contributed by atoms with Crippen molar-refractivity contribution in [1.82, 2.24) is 24.2 Å². The average molecular weight is 515 g/mol. The Balaban J connectivity index is 1.51. The van der Waals surface area contributed by atoms with Gasteiger partial charge in [0.1, 0.15) is 5.39 Å². The minimum atomic E-state index is -0.535. The summed E-state index contributed by atoms with van der Waals surface area (Å²) in [4.78, 5) is 38.2. The molecule has 11 nitrogen and oxygen atoms in total. The van der Waals surface area contributed by atoms with E-state index in [9.17, 15) is 14.7 Å². The molecule has 4 aromatic rings. The fourth-order valence-corrected chi connectivity index (χ4v) is 4.68. The number of amides is 1. The summed E-state index contributed by atoms with van der Waals surface area (Å²) in [5.74, 6) is -0.237. The van der Waals surface area contributed by atoms with Crippen LogP contribution in [0.4, 0.5) is 17.3 Å². The molecule has 4 N–H and O–H groups in total. The number of nitrogens with two attached hydrogens (primary N) is 1. The van der Waals surface area contributed by atoms with Crippen molar-refractivity contribution < 1.29 is 9.90 Å². The maximum atomic E-state index is 13.1. The highest BCUT2D eigenvalue weighted by molar-refractivity contribution is 5.93. The lowest BCUT2D eigenvalue weighted by Crippen LogP contribution is -2.44. The SMILES string of the molecule is C=CCn1c(=O)c2cnc(Nc3ccc(N4CCN(C)CC4)c(CO)c3)nc2n1-c1ccc(C(N)=O)cc1. The smallest absolute Gasteiger partial charge is 0.278 e. The Kier molecular flexibility index (Phi) is 6.95. The van der Waals surface area contributed by atoms with Gasteiger partial charge in [0.05, 0.1) is 18.8 Å². The van der Waals surface area contributed by atoms with Crippen molar-refractivity contribution in [3.8, 4) is 5.69 Å². The Bertz CT molecular complexity index is 1550. The van der Waals surface area contributed by atoms with Crippen molar-refractivity contribution in [1.29, 1.82) is 0 Å². The second kappa shape index (κ2) is 10.5. The first kappa shape index (κ1) is 25.2. The van der Waals surface area contributed by atoms with E-state index in [1.165, 1.54) is 10.9 Å². The van der Waals surface area contributed by atoms with Crippen LogP contribution in [0.2, 0.25) is 0 Å². The number of aliphatic hydroxyl groups excluding tert-OH is 1. The molecule has 1 aliphatic rings. The van der Waals surface area contributed by atoms with E-state index in [-0.39, 0.29) is 18.7 Å². The number of carbonyl (C=O) groups is 1. The van der Waals surface area contributed by atoms with Crippen LogP contribution in [0.25, 0.3) is 16.7 Å². The van der Waals surface area contributed by atoms with Crippen molar-refractivity contribution >= 4 is 34.3 Å². The van der Waals surface area contributed by atoms with Crippen molar-refractivity contribution in [2.75, 3.05) is 43.4 Å².